The van der Waals surface area contributed by atoms with Gasteiger partial charge in [-0.25, -0.2) is 0 Å². The van der Waals surface area contributed by atoms with Crippen LogP contribution in [0.5, 0.6) is 11.5 Å². The summed E-state index contributed by atoms with van der Waals surface area (Å²) in [5.41, 5.74) is 1.67. The highest BCUT2D eigenvalue weighted by Gasteiger charge is 2.08. The van der Waals surface area contributed by atoms with Crippen LogP contribution in [0.3, 0.4) is 0 Å². The Kier molecular flexibility index (Phi) is 5.93. The zero-order chi connectivity index (χ0) is 21.6. The lowest BCUT2D eigenvalue weighted by molar-refractivity contribution is 0.102. The summed E-state index contributed by atoms with van der Waals surface area (Å²) < 4.78 is 12.7. The first kappa shape index (κ1) is 20.2. The summed E-state index contributed by atoms with van der Waals surface area (Å²) in [4.78, 5) is 28.9. The van der Waals surface area contributed by atoms with Gasteiger partial charge in [0.2, 0.25) is 0 Å². The SMILES string of the molecule is COc1ccc2c(OCCn3cc(NC(=O)c4ccccc4)ccc3=O)ccnc2c1. The zero-order valence-electron chi connectivity index (χ0n) is 16.9. The maximum atomic E-state index is 12.3. The molecule has 0 bridgehead atoms. The molecule has 4 rings (SSSR count). The predicted molar refractivity (Wildman–Crippen MR) is 119 cm³/mol. The van der Waals surface area contributed by atoms with Crippen molar-refractivity contribution in [2.75, 3.05) is 19.0 Å². The first-order chi connectivity index (χ1) is 15.1. The Bertz CT molecular complexity index is 1270. The lowest BCUT2D eigenvalue weighted by Gasteiger charge is -2.12. The number of rotatable bonds is 7. The summed E-state index contributed by atoms with van der Waals surface area (Å²) in [5, 5.41) is 3.67. The average molecular weight is 415 g/mol. The second-order valence-corrected chi connectivity index (χ2v) is 6.81. The Morgan fingerprint density at radius 2 is 1.90 bits per heavy atom. The summed E-state index contributed by atoms with van der Waals surface area (Å²) >= 11 is 0. The maximum Gasteiger partial charge on any atom is 0.255 e. The maximum absolute atomic E-state index is 12.3. The molecule has 1 N–H and O–H groups in total. The van der Waals surface area contributed by atoms with Gasteiger partial charge in [0.05, 0.1) is 24.9 Å². The molecule has 0 fully saturated rings. The number of amides is 1. The van der Waals surface area contributed by atoms with Gasteiger partial charge in [0.25, 0.3) is 11.5 Å². The zero-order valence-corrected chi connectivity index (χ0v) is 16.9. The molecule has 0 spiro atoms. The van der Waals surface area contributed by atoms with E-state index in [1.807, 2.05) is 24.3 Å². The van der Waals surface area contributed by atoms with Crippen molar-refractivity contribution in [1.29, 1.82) is 0 Å². The smallest absolute Gasteiger partial charge is 0.255 e. The third kappa shape index (κ3) is 4.72. The topological polar surface area (TPSA) is 82.5 Å². The van der Waals surface area contributed by atoms with E-state index in [1.165, 1.54) is 10.6 Å². The van der Waals surface area contributed by atoms with Gasteiger partial charge < -0.3 is 19.4 Å². The molecule has 1 amide bonds. The number of carbonyl (C=O) groups is 1. The minimum absolute atomic E-state index is 0.175. The van der Waals surface area contributed by atoms with Gasteiger partial charge in [0, 0.05) is 35.5 Å². The number of benzene rings is 2. The van der Waals surface area contributed by atoms with Crippen molar-refractivity contribution in [3.8, 4) is 11.5 Å². The van der Waals surface area contributed by atoms with E-state index in [0.717, 1.165) is 16.7 Å². The second-order valence-electron chi connectivity index (χ2n) is 6.81. The highest BCUT2D eigenvalue weighted by Crippen LogP contribution is 2.27. The summed E-state index contributed by atoms with van der Waals surface area (Å²) in [5.74, 6) is 1.16. The standard InChI is InChI=1S/C24H21N3O4/c1-30-19-8-9-20-21(15-19)25-12-11-22(20)31-14-13-27-16-18(7-10-23(27)28)26-24(29)17-5-3-2-4-6-17/h2-12,15-16H,13-14H2,1H3,(H,26,29). The molecular weight excluding hydrogens is 394 g/mol. The lowest BCUT2D eigenvalue weighted by Crippen LogP contribution is -2.23. The van der Waals surface area contributed by atoms with E-state index in [-0.39, 0.29) is 18.1 Å². The lowest BCUT2D eigenvalue weighted by atomic mass is 10.2. The fourth-order valence-electron chi connectivity index (χ4n) is 3.18. The molecule has 7 nitrogen and oxygen atoms in total. The fourth-order valence-corrected chi connectivity index (χ4v) is 3.18. The van der Waals surface area contributed by atoms with Crippen molar-refractivity contribution >= 4 is 22.5 Å². The van der Waals surface area contributed by atoms with Crippen LogP contribution in [0.2, 0.25) is 0 Å². The average Bonchev–Trinajstić information content (AvgIpc) is 2.81. The Balaban J connectivity index is 1.44. The molecule has 0 aliphatic carbocycles. The number of pyridine rings is 2. The van der Waals surface area contributed by atoms with Gasteiger partial charge in [0.15, 0.2) is 0 Å². The molecule has 31 heavy (non-hydrogen) atoms. The number of hydrogen-bond acceptors (Lipinski definition) is 5. The molecule has 4 aromatic rings. The molecule has 0 aliphatic rings. The number of nitrogens with zero attached hydrogens (tertiary/aromatic N) is 2. The molecular formula is C24H21N3O4. The summed E-state index contributed by atoms with van der Waals surface area (Å²) in [6.45, 7) is 0.606. The number of hydrogen-bond donors (Lipinski definition) is 1. The van der Waals surface area contributed by atoms with Crippen LogP contribution in [0, 0.1) is 0 Å². The van der Waals surface area contributed by atoms with Gasteiger partial charge in [-0.15, -0.1) is 0 Å². The van der Waals surface area contributed by atoms with Crippen molar-refractivity contribution in [3.05, 3.63) is 95.0 Å². The molecule has 2 aromatic heterocycles. The van der Waals surface area contributed by atoms with Gasteiger partial charge >= 0.3 is 0 Å². The van der Waals surface area contributed by atoms with Crippen LogP contribution in [-0.4, -0.2) is 29.2 Å². The van der Waals surface area contributed by atoms with Crippen LogP contribution in [0.25, 0.3) is 10.9 Å². The van der Waals surface area contributed by atoms with Gasteiger partial charge in [-0.1, -0.05) is 18.2 Å². The van der Waals surface area contributed by atoms with Crippen molar-refractivity contribution in [3.63, 3.8) is 0 Å². The van der Waals surface area contributed by atoms with Crippen molar-refractivity contribution in [1.82, 2.24) is 9.55 Å². The predicted octanol–water partition coefficient (Wildman–Crippen LogP) is 3.74. The molecule has 0 radical (unpaired) electrons. The van der Waals surface area contributed by atoms with E-state index in [0.29, 0.717) is 23.5 Å². The van der Waals surface area contributed by atoms with E-state index in [4.69, 9.17) is 9.47 Å². The van der Waals surface area contributed by atoms with E-state index >= 15 is 0 Å². The summed E-state index contributed by atoms with van der Waals surface area (Å²) in [6.07, 6.45) is 3.28. The first-order valence-corrected chi connectivity index (χ1v) is 9.76. The minimum atomic E-state index is -0.235. The quantitative estimate of drug-likeness (QED) is 0.497. The Morgan fingerprint density at radius 3 is 2.71 bits per heavy atom. The van der Waals surface area contributed by atoms with Crippen LogP contribution in [0.1, 0.15) is 10.4 Å². The second kappa shape index (κ2) is 9.13. The number of carbonyl (C=O) groups excluding carboxylic acids is 1. The van der Waals surface area contributed by atoms with Crippen LogP contribution in [-0.2, 0) is 6.54 Å². The molecule has 0 saturated carbocycles. The molecule has 0 saturated heterocycles. The number of anilines is 1. The molecule has 156 valence electrons. The number of methoxy groups -OCH3 is 1. The fraction of sp³-hybridized carbons (Fsp3) is 0.125. The van der Waals surface area contributed by atoms with Crippen molar-refractivity contribution in [2.24, 2.45) is 0 Å². The normalized spacial score (nSPS) is 10.6. The van der Waals surface area contributed by atoms with E-state index < -0.39 is 0 Å². The Labute approximate surface area is 178 Å². The third-order valence-corrected chi connectivity index (χ3v) is 4.78. The summed E-state index contributed by atoms with van der Waals surface area (Å²) in [6, 6.07) is 19.3. The molecule has 0 atom stereocenters. The van der Waals surface area contributed by atoms with Gasteiger partial charge in [-0.3, -0.25) is 14.6 Å². The number of ether oxygens (including phenoxy) is 2. The highest BCUT2D eigenvalue weighted by molar-refractivity contribution is 6.04. The monoisotopic (exact) mass is 415 g/mol. The summed E-state index contributed by atoms with van der Waals surface area (Å²) in [7, 11) is 1.61. The van der Waals surface area contributed by atoms with Crippen molar-refractivity contribution < 1.29 is 14.3 Å². The van der Waals surface area contributed by atoms with Crippen molar-refractivity contribution in [2.45, 2.75) is 6.54 Å². The Hall–Kier alpha value is -4.13. The number of aromatic nitrogens is 2. The molecule has 0 aliphatic heterocycles. The molecule has 2 aromatic carbocycles. The first-order valence-electron chi connectivity index (χ1n) is 9.76. The van der Waals surface area contributed by atoms with Crippen LogP contribution < -0.4 is 20.3 Å². The van der Waals surface area contributed by atoms with Gasteiger partial charge in [-0.2, -0.15) is 0 Å². The van der Waals surface area contributed by atoms with E-state index in [1.54, 1.807) is 55.9 Å². The Morgan fingerprint density at radius 1 is 1.06 bits per heavy atom. The minimum Gasteiger partial charge on any atom is -0.497 e. The van der Waals surface area contributed by atoms with Crippen LogP contribution in [0.4, 0.5) is 5.69 Å². The van der Waals surface area contributed by atoms with Crippen LogP contribution in [0.15, 0.2) is 83.9 Å². The number of nitrogens with one attached hydrogen (secondary N) is 1. The largest absolute Gasteiger partial charge is 0.497 e. The van der Waals surface area contributed by atoms with Crippen LogP contribution >= 0.6 is 0 Å². The molecule has 0 unspecified atom stereocenters. The van der Waals surface area contributed by atoms with E-state index in [9.17, 15) is 9.59 Å². The van der Waals surface area contributed by atoms with Gasteiger partial charge in [0.1, 0.15) is 18.1 Å². The van der Waals surface area contributed by atoms with Gasteiger partial charge in [-0.05, 0) is 36.4 Å². The third-order valence-electron chi connectivity index (χ3n) is 4.78. The molecule has 7 heteroatoms. The number of fused-ring (bicyclic) bond motifs is 1. The van der Waals surface area contributed by atoms with E-state index in [2.05, 4.69) is 10.3 Å². The molecule has 2 heterocycles. The highest BCUT2D eigenvalue weighted by atomic mass is 16.5.